The van der Waals surface area contributed by atoms with E-state index in [-0.39, 0.29) is 47.4 Å². The standard InChI is InChI=1S/C40H51N4O7.Al/c1-25-16-26-21-41-29-19-35(33(48-7)17-27(29)37(46)44(26)22-25)51-24-40(4,5)12-11-39(2,3)13-15-50-36-20-31-28(18-34(36)49-8)38(47)43-14-9-10-30(43)32(23-45)42(31)6;/h10,16-21,26,30,32,45H,11-15,22-24H2,1-8H3;/t26?,30-,32?;/m0./s1. The lowest BCUT2D eigenvalue weighted by Gasteiger charge is -2.33. The highest BCUT2D eigenvalue weighted by atomic mass is 27.0. The van der Waals surface area contributed by atoms with E-state index in [1.807, 2.05) is 53.1 Å². The number of hydrogen-bond acceptors (Lipinski definition) is 9. The van der Waals surface area contributed by atoms with Crippen LogP contribution in [0.25, 0.3) is 0 Å². The van der Waals surface area contributed by atoms with Gasteiger partial charge in [0.1, 0.15) is 0 Å². The number of aliphatic imine (C=N–C) groups is 1. The molecule has 2 amide bonds. The van der Waals surface area contributed by atoms with Crippen LogP contribution in [0.3, 0.4) is 0 Å². The summed E-state index contributed by atoms with van der Waals surface area (Å²) in [4.78, 5) is 37.3. The zero-order valence-electron chi connectivity index (χ0n) is 31.7. The summed E-state index contributed by atoms with van der Waals surface area (Å²) in [5, 5.41) is 10.3. The van der Waals surface area contributed by atoms with Gasteiger partial charge >= 0.3 is 0 Å². The van der Waals surface area contributed by atoms with Crippen molar-refractivity contribution in [1.29, 1.82) is 0 Å². The van der Waals surface area contributed by atoms with E-state index in [0.29, 0.717) is 71.8 Å². The molecule has 52 heavy (non-hydrogen) atoms. The van der Waals surface area contributed by atoms with E-state index < -0.39 is 0 Å². The topological polar surface area (TPSA) is 113 Å². The van der Waals surface area contributed by atoms with Crippen LogP contribution < -0.4 is 23.8 Å². The average Bonchev–Trinajstić information content (AvgIpc) is 3.64. The number of carbonyl (C=O) groups is 2. The molecular weight excluding hydrogens is 675 g/mol. The summed E-state index contributed by atoms with van der Waals surface area (Å²) >= 11 is 2.69. The Morgan fingerprint density at radius 3 is 2.19 bits per heavy atom. The number of amides is 2. The number of aliphatic hydroxyl groups is 1. The Labute approximate surface area is 315 Å². The molecule has 2 aromatic carbocycles. The Hall–Kier alpha value is -3.98. The summed E-state index contributed by atoms with van der Waals surface area (Å²) in [6.07, 6.45) is 8.58. The second kappa shape index (κ2) is 14.8. The third-order valence-electron chi connectivity index (χ3n) is 10.8. The average molecular weight is 727 g/mol. The highest BCUT2D eigenvalue weighted by Crippen LogP contribution is 2.42. The fourth-order valence-corrected chi connectivity index (χ4v) is 7.80. The minimum Gasteiger partial charge on any atom is -0.493 e. The quantitative estimate of drug-likeness (QED) is 0.211. The van der Waals surface area contributed by atoms with Crippen LogP contribution in [0, 0.1) is 10.8 Å². The van der Waals surface area contributed by atoms with Crippen LogP contribution >= 0.6 is 0 Å². The van der Waals surface area contributed by atoms with Crippen LogP contribution in [0.5, 0.6) is 23.0 Å². The maximum atomic E-state index is 13.7. The molecule has 11 nitrogen and oxygen atoms in total. The maximum absolute atomic E-state index is 13.7. The van der Waals surface area contributed by atoms with E-state index in [9.17, 15) is 14.7 Å². The van der Waals surface area contributed by atoms with Gasteiger partial charge in [0.25, 0.3) is 11.8 Å². The van der Waals surface area contributed by atoms with E-state index in [0.717, 1.165) is 29.3 Å². The first-order chi connectivity index (χ1) is 24.6. The SMILES string of the molecule is COc1cc2c(cc1OCCC(C)(C)CCC(C)(C)COc1cc3c(cc1OC)C(=O)N1CC(C)=CC1C=N3)N(C)C(CO)[C@@H]1C=[C]([Al])CN1C2=O. The Morgan fingerprint density at radius 2 is 1.50 bits per heavy atom. The predicted octanol–water partition coefficient (Wildman–Crippen LogP) is 5.56. The summed E-state index contributed by atoms with van der Waals surface area (Å²) in [7, 11) is 5.08. The lowest BCUT2D eigenvalue weighted by Crippen LogP contribution is -2.49. The smallest absolute Gasteiger partial charge is 0.257 e. The van der Waals surface area contributed by atoms with Crippen LogP contribution in [-0.4, -0.2) is 122 Å². The molecule has 1 N–H and O–H groups in total. The molecule has 0 aromatic heterocycles. The van der Waals surface area contributed by atoms with Gasteiger partial charge in [0.2, 0.25) is 0 Å². The summed E-state index contributed by atoms with van der Waals surface area (Å²) < 4.78 is 25.1. The lowest BCUT2D eigenvalue weighted by molar-refractivity contribution is 0.0724. The van der Waals surface area contributed by atoms with Gasteiger partial charge in [0.05, 0.1) is 74.7 Å². The Kier molecular flexibility index (Phi) is 10.8. The molecule has 0 spiro atoms. The van der Waals surface area contributed by atoms with Crippen molar-refractivity contribution < 1.29 is 33.6 Å². The van der Waals surface area contributed by atoms with Crippen molar-refractivity contribution in [1.82, 2.24) is 9.80 Å². The molecule has 3 atom stereocenters. The molecule has 0 saturated carbocycles. The molecule has 4 aliphatic heterocycles. The molecule has 0 fully saturated rings. The Balaban J connectivity index is 1.07. The van der Waals surface area contributed by atoms with E-state index in [1.54, 1.807) is 26.4 Å². The minimum absolute atomic E-state index is 0.0328. The van der Waals surface area contributed by atoms with E-state index in [4.69, 9.17) is 18.9 Å². The van der Waals surface area contributed by atoms with E-state index >= 15 is 0 Å². The summed E-state index contributed by atoms with van der Waals surface area (Å²) in [5.74, 6) is 2.00. The first kappa shape index (κ1) is 37.8. The van der Waals surface area contributed by atoms with Gasteiger partial charge < -0.3 is 38.8 Å². The normalized spacial score (nSPS) is 21.1. The van der Waals surface area contributed by atoms with Crippen molar-refractivity contribution in [3.63, 3.8) is 0 Å². The monoisotopic (exact) mass is 726 g/mol. The first-order valence-electron chi connectivity index (χ1n) is 18.0. The largest absolute Gasteiger partial charge is 0.493 e. The summed E-state index contributed by atoms with van der Waals surface area (Å²) in [6, 6.07) is 6.54. The van der Waals surface area contributed by atoms with Crippen LogP contribution in [-0.2, 0) is 0 Å². The number of anilines is 1. The minimum atomic E-state index is -0.286. The molecule has 12 heteroatoms. The van der Waals surface area contributed by atoms with Gasteiger partial charge in [0, 0.05) is 38.5 Å². The molecule has 4 heterocycles. The number of likely N-dealkylation sites (N-methyl/N-ethyl adjacent to an activating group) is 1. The number of nitrogens with zero attached hydrogens (tertiary/aromatic N) is 4. The Morgan fingerprint density at radius 1 is 0.846 bits per heavy atom. The number of rotatable bonds is 13. The number of methoxy groups -OCH3 is 2. The van der Waals surface area contributed by atoms with Crippen LogP contribution in [0.2, 0.25) is 0 Å². The molecular formula is C40H51AlN4O7. The van der Waals surface area contributed by atoms with Gasteiger partial charge in [-0.15, -0.1) is 4.44 Å². The van der Waals surface area contributed by atoms with Crippen molar-refractivity contribution in [2.24, 2.45) is 15.8 Å². The van der Waals surface area contributed by atoms with E-state index in [1.165, 1.54) is 0 Å². The second-order valence-corrected chi connectivity index (χ2v) is 16.7. The fraction of sp³-hybridized carbons (Fsp3) is 0.525. The number of benzene rings is 2. The summed E-state index contributed by atoms with van der Waals surface area (Å²) in [5.41, 5.74) is 3.31. The maximum Gasteiger partial charge on any atom is 0.257 e. The number of hydrogen-bond donors (Lipinski definition) is 1. The van der Waals surface area contributed by atoms with Crippen LogP contribution in [0.1, 0.15) is 74.6 Å². The number of carbonyl (C=O) groups excluding carboxylic acids is 2. The zero-order chi connectivity index (χ0) is 37.5. The molecule has 2 unspecified atom stereocenters. The third-order valence-corrected chi connectivity index (χ3v) is 11.2. The van der Waals surface area contributed by atoms with Gasteiger partial charge in [-0.3, -0.25) is 14.6 Å². The van der Waals surface area contributed by atoms with Crippen LogP contribution in [0.4, 0.5) is 11.4 Å². The van der Waals surface area contributed by atoms with Crippen molar-refractivity contribution in [2.75, 3.05) is 59.1 Å². The summed E-state index contributed by atoms with van der Waals surface area (Å²) in [6.45, 7) is 12.8. The highest BCUT2D eigenvalue weighted by molar-refractivity contribution is 6.22. The van der Waals surface area contributed by atoms with Gasteiger partial charge in [-0.2, -0.15) is 0 Å². The highest BCUT2D eigenvalue weighted by Gasteiger charge is 2.41. The third kappa shape index (κ3) is 7.57. The van der Waals surface area contributed by atoms with Gasteiger partial charge in [0.15, 0.2) is 39.3 Å². The van der Waals surface area contributed by atoms with Gasteiger partial charge in [-0.1, -0.05) is 45.4 Å². The van der Waals surface area contributed by atoms with Crippen LogP contribution in [0.15, 0.2) is 51.4 Å². The number of fused-ring (bicyclic) bond motifs is 4. The lowest BCUT2D eigenvalue weighted by atomic mass is 9.78. The number of ether oxygens (including phenoxy) is 4. The molecule has 2 aromatic rings. The van der Waals surface area contributed by atoms with Crippen molar-refractivity contribution >= 4 is 45.7 Å². The molecule has 4 aliphatic rings. The van der Waals surface area contributed by atoms with Gasteiger partial charge in [-0.05, 0) is 49.1 Å². The van der Waals surface area contributed by atoms with Gasteiger partial charge in [-0.25, -0.2) is 0 Å². The van der Waals surface area contributed by atoms with E-state index in [2.05, 4.69) is 55.1 Å². The molecule has 0 bridgehead atoms. The second-order valence-electron chi connectivity index (χ2n) is 16.0. The predicted molar refractivity (Wildman–Crippen MR) is 203 cm³/mol. The molecule has 0 saturated heterocycles. The van der Waals surface area contributed by atoms with Crippen molar-refractivity contribution in [3.8, 4) is 23.0 Å². The molecule has 6 rings (SSSR count). The zero-order valence-corrected chi connectivity index (χ0v) is 32.8. The fourth-order valence-electron chi connectivity index (χ4n) is 7.40. The number of aliphatic hydroxyl groups excluding tert-OH is 1. The first-order valence-corrected chi connectivity index (χ1v) is 18.6. The molecule has 276 valence electrons. The Bertz CT molecular complexity index is 1820. The van der Waals surface area contributed by atoms with Crippen molar-refractivity contribution in [2.45, 2.75) is 72.0 Å². The molecule has 2 radical (unpaired) electrons. The molecule has 0 aliphatic carbocycles. The van der Waals surface area contributed by atoms with Crippen molar-refractivity contribution in [3.05, 3.63) is 57.6 Å².